The van der Waals surface area contributed by atoms with Crippen molar-refractivity contribution in [2.45, 2.75) is 41.2 Å². The maximum Gasteiger partial charge on any atom is 0.188 e. The van der Waals surface area contributed by atoms with E-state index in [1.165, 1.54) is 16.9 Å². The Morgan fingerprint density at radius 3 is 2.32 bits per heavy atom. The van der Waals surface area contributed by atoms with Crippen LogP contribution >= 0.6 is 11.3 Å². The highest BCUT2D eigenvalue weighted by Crippen LogP contribution is 2.32. The van der Waals surface area contributed by atoms with Crippen molar-refractivity contribution in [3.8, 4) is 11.3 Å². The lowest BCUT2D eigenvalue weighted by Gasteiger charge is -2.02. The van der Waals surface area contributed by atoms with Crippen LogP contribution in [-0.2, 0) is 6.61 Å². The number of rotatable bonds is 4. The SMILES string of the molecule is CC.CC.Cc1cccc(Nc2nc(-c3ccncc3)c(CO)s2)c1. The maximum atomic E-state index is 9.53. The standard InChI is InChI=1S/C16H15N3OS.2C2H6/c1-11-3-2-4-13(9-11)18-16-19-15(14(10-20)21-16)12-5-7-17-8-6-12;2*1-2/h2-9,20H,10H2,1H3,(H,18,19);2*1-2H3. The highest BCUT2D eigenvalue weighted by molar-refractivity contribution is 7.16. The number of aromatic nitrogens is 2. The van der Waals surface area contributed by atoms with Gasteiger partial charge in [0.2, 0.25) is 0 Å². The number of pyridine rings is 1. The Morgan fingerprint density at radius 1 is 1.04 bits per heavy atom. The number of nitrogens with one attached hydrogen (secondary N) is 1. The van der Waals surface area contributed by atoms with Crippen molar-refractivity contribution in [3.05, 3.63) is 59.2 Å². The first-order valence-corrected chi connectivity index (χ1v) is 9.42. The minimum absolute atomic E-state index is 0.0230. The van der Waals surface area contributed by atoms with Crippen molar-refractivity contribution in [1.29, 1.82) is 0 Å². The second-order valence-electron chi connectivity index (χ2n) is 4.68. The molecule has 0 saturated carbocycles. The first kappa shape index (κ1) is 20.8. The molecule has 3 rings (SSSR count). The van der Waals surface area contributed by atoms with Crippen LogP contribution in [0, 0.1) is 6.92 Å². The zero-order valence-electron chi connectivity index (χ0n) is 15.6. The van der Waals surface area contributed by atoms with Gasteiger partial charge in [-0.25, -0.2) is 4.98 Å². The molecule has 0 spiro atoms. The van der Waals surface area contributed by atoms with Gasteiger partial charge in [-0.15, -0.1) is 0 Å². The molecule has 2 N–H and O–H groups in total. The number of anilines is 2. The van der Waals surface area contributed by atoms with Crippen LogP contribution in [0.5, 0.6) is 0 Å². The zero-order chi connectivity index (χ0) is 18.7. The van der Waals surface area contributed by atoms with Gasteiger partial charge in [-0.3, -0.25) is 4.98 Å². The molecule has 0 fully saturated rings. The number of thiazole rings is 1. The van der Waals surface area contributed by atoms with Gasteiger partial charge in [-0.1, -0.05) is 51.2 Å². The number of aryl methyl sites for hydroxylation is 1. The second kappa shape index (κ2) is 11.3. The predicted octanol–water partition coefficient (Wildman–Crippen LogP) is 5.80. The van der Waals surface area contributed by atoms with Gasteiger partial charge in [-0.05, 0) is 36.8 Å². The van der Waals surface area contributed by atoms with Gasteiger partial charge in [0, 0.05) is 23.6 Å². The maximum absolute atomic E-state index is 9.53. The van der Waals surface area contributed by atoms with Crippen LogP contribution in [0.3, 0.4) is 0 Å². The van der Waals surface area contributed by atoms with Crippen molar-refractivity contribution < 1.29 is 5.11 Å². The number of hydrogen-bond acceptors (Lipinski definition) is 5. The summed E-state index contributed by atoms with van der Waals surface area (Å²) in [6.45, 7) is 10.0. The third-order valence-electron chi connectivity index (χ3n) is 3.06. The molecule has 4 nitrogen and oxygen atoms in total. The van der Waals surface area contributed by atoms with E-state index >= 15 is 0 Å². The van der Waals surface area contributed by atoms with E-state index in [2.05, 4.69) is 34.3 Å². The Balaban J connectivity index is 0.000000730. The van der Waals surface area contributed by atoms with Crippen LogP contribution in [0.1, 0.15) is 38.1 Å². The lowest BCUT2D eigenvalue weighted by atomic mass is 10.2. The minimum atomic E-state index is -0.0230. The number of aliphatic hydroxyl groups excluding tert-OH is 1. The Labute approximate surface area is 154 Å². The van der Waals surface area contributed by atoms with Crippen LogP contribution in [0.2, 0.25) is 0 Å². The van der Waals surface area contributed by atoms with Crippen molar-refractivity contribution in [2.75, 3.05) is 5.32 Å². The van der Waals surface area contributed by atoms with E-state index in [1.54, 1.807) is 12.4 Å². The van der Waals surface area contributed by atoms with E-state index in [9.17, 15) is 5.11 Å². The summed E-state index contributed by atoms with van der Waals surface area (Å²) in [7, 11) is 0. The second-order valence-corrected chi connectivity index (χ2v) is 5.76. The summed E-state index contributed by atoms with van der Waals surface area (Å²) in [4.78, 5) is 9.45. The molecular weight excluding hydrogens is 330 g/mol. The van der Waals surface area contributed by atoms with E-state index in [4.69, 9.17) is 0 Å². The van der Waals surface area contributed by atoms with Crippen LogP contribution in [0.4, 0.5) is 10.8 Å². The van der Waals surface area contributed by atoms with Crippen molar-refractivity contribution in [3.63, 3.8) is 0 Å². The van der Waals surface area contributed by atoms with Crippen LogP contribution in [0.15, 0.2) is 48.8 Å². The Morgan fingerprint density at radius 2 is 1.72 bits per heavy atom. The molecule has 0 aliphatic carbocycles. The van der Waals surface area contributed by atoms with Crippen molar-refractivity contribution in [1.82, 2.24) is 9.97 Å². The molecule has 25 heavy (non-hydrogen) atoms. The molecular formula is C20H27N3OS. The van der Waals surface area contributed by atoms with E-state index in [0.29, 0.717) is 0 Å². The van der Waals surface area contributed by atoms with E-state index in [-0.39, 0.29) is 6.61 Å². The lowest BCUT2D eigenvalue weighted by molar-refractivity contribution is 0.286. The topological polar surface area (TPSA) is 58.0 Å². The first-order valence-electron chi connectivity index (χ1n) is 8.61. The average Bonchev–Trinajstić information content (AvgIpc) is 3.08. The summed E-state index contributed by atoms with van der Waals surface area (Å²) in [6, 6.07) is 11.9. The van der Waals surface area contributed by atoms with Crippen LogP contribution < -0.4 is 5.32 Å². The third-order valence-corrected chi connectivity index (χ3v) is 4.02. The molecule has 0 aliphatic rings. The molecule has 0 atom stereocenters. The summed E-state index contributed by atoms with van der Waals surface area (Å²) < 4.78 is 0. The summed E-state index contributed by atoms with van der Waals surface area (Å²) in [5.41, 5.74) is 3.95. The molecule has 2 aromatic heterocycles. The summed E-state index contributed by atoms with van der Waals surface area (Å²) in [6.07, 6.45) is 3.45. The molecule has 0 aliphatic heterocycles. The fourth-order valence-electron chi connectivity index (χ4n) is 2.09. The van der Waals surface area contributed by atoms with Gasteiger partial charge in [0.15, 0.2) is 5.13 Å². The molecule has 2 heterocycles. The van der Waals surface area contributed by atoms with Crippen LogP contribution in [0.25, 0.3) is 11.3 Å². The largest absolute Gasteiger partial charge is 0.391 e. The molecule has 0 bridgehead atoms. The Hall–Kier alpha value is -2.24. The van der Waals surface area contributed by atoms with E-state index < -0.39 is 0 Å². The van der Waals surface area contributed by atoms with Crippen LogP contribution in [-0.4, -0.2) is 15.1 Å². The molecule has 1 aromatic carbocycles. The number of aliphatic hydroxyl groups is 1. The number of nitrogens with zero attached hydrogens (tertiary/aromatic N) is 2. The van der Waals surface area contributed by atoms with Gasteiger partial charge in [0.05, 0.1) is 17.2 Å². The minimum Gasteiger partial charge on any atom is -0.391 e. The molecule has 134 valence electrons. The normalized spacial score (nSPS) is 9.36. The average molecular weight is 358 g/mol. The lowest BCUT2D eigenvalue weighted by Crippen LogP contribution is -1.90. The van der Waals surface area contributed by atoms with Gasteiger partial charge in [0.1, 0.15) is 0 Å². The fraction of sp³-hybridized carbons (Fsp3) is 0.300. The summed E-state index contributed by atoms with van der Waals surface area (Å²) in [5, 5.41) is 13.6. The molecule has 0 amide bonds. The highest BCUT2D eigenvalue weighted by atomic mass is 32.1. The van der Waals surface area contributed by atoms with E-state index in [1.807, 2.05) is 52.0 Å². The Kier molecular flexibility index (Phi) is 9.43. The summed E-state index contributed by atoms with van der Waals surface area (Å²) >= 11 is 1.46. The zero-order valence-corrected chi connectivity index (χ0v) is 16.4. The van der Waals surface area contributed by atoms with Gasteiger partial charge in [-0.2, -0.15) is 0 Å². The quantitative estimate of drug-likeness (QED) is 0.619. The predicted molar refractivity (Wildman–Crippen MR) is 108 cm³/mol. The highest BCUT2D eigenvalue weighted by Gasteiger charge is 2.12. The first-order chi connectivity index (χ1) is 12.3. The smallest absolute Gasteiger partial charge is 0.188 e. The number of hydrogen-bond donors (Lipinski definition) is 2. The molecule has 5 heteroatoms. The monoisotopic (exact) mass is 357 g/mol. The number of benzene rings is 1. The molecule has 3 aromatic rings. The molecule has 0 saturated heterocycles. The van der Waals surface area contributed by atoms with Gasteiger partial charge < -0.3 is 10.4 Å². The van der Waals surface area contributed by atoms with Crippen molar-refractivity contribution in [2.24, 2.45) is 0 Å². The van der Waals surface area contributed by atoms with Gasteiger partial charge >= 0.3 is 0 Å². The summed E-state index contributed by atoms with van der Waals surface area (Å²) in [5.74, 6) is 0. The third kappa shape index (κ3) is 5.96. The molecule has 0 unspecified atom stereocenters. The Bertz CT molecular complexity index is 742. The molecule has 0 radical (unpaired) electrons. The van der Waals surface area contributed by atoms with E-state index in [0.717, 1.165) is 27.0 Å². The van der Waals surface area contributed by atoms with Crippen molar-refractivity contribution >= 4 is 22.2 Å². The van der Waals surface area contributed by atoms with Gasteiger partial charge in [0.25, 0.3) is 0 Å². The fourth-order valence-corrected chi connectivity index (χ4v) is 2.96.